The molecule has 21 heavy (non-hydrogen) atoms. The first kappa shape index (κ1) is 18.8. The molecular weight excluding hydrogens is 286 g/mol. The van der Waals surface area contributed by atoms with Crippen molar-refractivity contribution in [3.63, 3.8) is 0 Å². The molecule has 1 aliphatic carbocycles. The van der Waals surface area contributed by atoms with Crippen LogP contribution in [-0.2, 0) is 9.53 Å². The highest BCUT2D eigenvalue weighted by molar-refractivity contribution is 5.85. The maximum Gasteiger partial charge on any atom is 0.306 e. The van der Waals surface area contributed by atoms with Gasteiger partial charge in [-0.25, -0.2) is 0 Å². The monoisotopic (exact) mass is 317 g/mol. The SMILES string of the molecule is CC1CCCCN1CCCOC(=O)CC1CCCCC1.Cl. The second-order valence-electron chi connectivity index (χ2n) is 6.66. The Labute approximate surface area is 136 Å². The first-order valence-corrected chi connectivity index (χ1v) is 8.65. The van der Waals surface area contributed by atoms with Crippen LogP contribution in [0, 0.1) is 5.92 Å². The lowest BCUT2D eigenvalue weighted by atomic mass is 9.87. The number of likely N-dealkylation sites (tertiary alicyclic amines) is 1. The lowest BCUT2D eigenvalue weighted by Crippen LogP contribution is -2.38. The van der Waals surface area contributed by atoms with Crippen LogP contribution in [0.5, 0.6) is 0 Å². The zero-order valence-electron chi connectivity index (χ0n) is 13.5. The molecule has 0 amide bonds. The molecule has 0 aromatic rings. The number of halogens is 1. The predicted octanol–water partition coefficient (Wildman–Crippen LogP) is 4.19. The summed E-state index contributed by atoms with van der Waals surface area (Å²) in [4.78, 5) is 14.3. The average Bonchev–Trinajstić information content (AvgIpc) is 2.46. The first-order valence-electron chi connectivity index (χ1n) is 8.65. The standard InChI is InChI=1S/C17H31NO2.ClH/c1-15-8-5-6-11-18(15)12-7-13-20-17(19)14-16-9-3-2-4-10-16;/h15-16H,2-14H2,1H3;1H. The van der Waals surface area contributed by atoms with Crippen LogP contribution in [0.2, 0.25) is 0 Å². The van der Waals surface area contributed by atoms with Gasteiger partial charge in [0.1, 0.15) is 0 Å². The summed E-state index contributed by atoms with van der Waals surface area (Å²) in [6, 6.07) is 0.710. The third-order valence-electron chi connectivity index (χ3n) is 4.97. The van der Waals surface area contributed by atoms with Crippen molar-refractivity contribution in [2.45, 2.75) is 77.2 Å². The van der Waals surface area contributed by atoms with Gasteiger partial charge >= 0.3 is 5.97 Å². The summed E-state index contributed by atoms with van der Waals surface area (Å²) < 4.78 is 5.41. The van der Waals surface area contributed by atoms with Gasteiger partial charge in [0, 0.05) is 19.0 Å². The molecule has 1 unspecified atom stereocenters. The highest BCUT2D eigenvalue weighted by Gasteiger charge is 2.19. The summed E-state index contributed by atoms with van der Waals surface area (Å²) in [7, 11) is 0. The van der Waals surface area contributed by atoms with Crippen molar-refractivity contribution >= 4 is 18.4 Å². The molecule has 124 valence electrons. The summed E-state index contributed by atoms with van der Waals surface area (Å²) in [5, 5.41) is 0. The van der Waals surface area contributed by atoms with Crippen LogP contribution < -0.4 is 0 Å². The van der Waals surface area contributed by atoms with Crippen molar-refractivity contribution in [3.8, 4) is 0 Å². The van der Waals surface area contributed by atoms with E-state index in [0.29, 0.717) is 25.0 Å². The van der Waals surface area contributed by atoms with Crippen molar-refractivity contribution in [3.05, 3.63) is 0 Å². The molecule has 0 aromatic heterocycles. The fourth-order valence-electron chi connectivity index (χ4n) is 3.63. The predicted molar refractivity (Wildman–Crippen MR) is 88.9 cm³/mol. The number of carbonyl (C=O) groups excluding carboxylic acids is 1. The summed E-state index contributed by atoms with van der Waals surface area (Å²) >= 11 is 0. The lowest BCUT2D eigenvalue weighted by Gasteiger charge is -2.33. The van der Waals surface area contributed by atoms with E-state index in [0.717, 1.165) is 13.0 Å². The summed E-state index contributed by atoms with van der Waals surface area (Å²) in [5.41, 5.74) is 0. The van der Waals surface area contributed by atoms with Gasteiger partial charge in [0.15, 0.2) is 0 Å². The molecule has 0 aromatic carbocycles. The zero-order valence-corrected chi connectivity index (χ0v) is 14.3. The molecule has 1 saturated carbocycles. The van der Waals surface area contributed by atoms with Gasteiger partial charge in [-0.1, -0.05) is 25.7 Å². The minimum Gasteiger partial charge on any atom is -0.466 e. The Hall–Kier alpha value is -0.280. The first-order chi connectivity index (χ1) is 9.75. The van der Waals surface area contributed by atoms with Crippen molar-refractivity contribution in [2.24, 2.45) is 5.92 Å². The minimum absolute atomic E-state index is 0. The second kappa shape index (κ2) is 10.4. The normalized spacial score (nSPS) is 24.3. The average molecular weight is 318 g/mol. The molecule has 1 heterocycles. The summed E-state index contributed by atoms with van der Waals surface area (Å²) in [6.45, 7) is 5.22. The molecule has 3 nitrogen and oxygen atoms in total. The Morgan fingerprint density at radius 3 is 2.52 bits per heavy atom. The van der Waals surface area contributed by atoms with E-state index in [4.69, 9.17) is 4.74 Å². The Bertz CT molecular complexity index is 293. The maximum atomic E-state index is 11.8. The Balaban J connectivity index is 0.00000220. The van der Waals surface area contributed by atoms with Gasteiger partial charge in [0.25, 0.3) is 0 Å². The lowest BCUT2D eigenvalue weighted by molar-refractivity contribution is -0.145. The van der Waals surface area contributed by atoms with E-state index in [1.54, 1.807) is 0 Å². The molecule has 0 bridgehead atoms. The quantitative estimate of drug-likeness (QED) is 0.543. The number of rotatable bonds is 6. The van der Waals surface area contributed by atoms with Crippen molar-refractivity contribution in [1.29, 1.82) is 0 Å². The van der Waals surface area contributed by atoms with E-state index in [9.17, 15) is 4.79 Å². The third kappa shape index (κ3) is 7.01. The number of nitrogens with zero attached hydrogens (tertiary/aromatic N) is 1. The van der Waals surface area contributed by atoms with Gasteiger partial charge in [-0.2, -0.15) is 0 Å². The molecule has 1 aliphatic heterocycles. The number of ether oxygens (including phenoxy) is 1. The second-order valence-corrected chi connectivity index (χ2v) is 6.66. The van der Waals surface area contributed by atoms with Crippen molar-refractivity contribution < 1.29 is 9.53 Å². The fourth-order valence-corrected chi connectivity index (χ4v) is 3.63. The van der Waals surface area contributed by atoms with Gasteiger partial charge < -0.3 is 9.64 Å². The maximum absolute atomic E-state index is 11.8. The largest absolute Gasteiger partial charge is 0.466 e. The van der Waals surface area contributed by atoms with E-state index in [1.807, 2.05) is 0 Å². The van der Waals surface area contributed by atoms with E-state index in [2.05, 4.69) is 11.8 Å². The number of carbonyl (C=O) groups is 1. The van der Waals surface area contributed by atoms with E-state index in [1.165, 1.54) is 57.9 Å². The van der Waals surface area contributed by atoms with E-state index < -0.39 is 0 Å². The third-order valence-corrected chi connectivity index (χ3v) is 4.97. The topological polar surface area (TPSA) is 29.5 Å². The molecule has 0 radical (unpaired) electrons. The van der Waals surface area contributed by atoms with Crippen LogP contribution in [0.3, 0.4) is 0 Å². The minimum atomic E-state index is 0. The van der Waals surface area contributed by atoms with Gasteiger partial charge in [0.05, 0.1) is 6.61 Å². The van der Waals surface area contributed by atoms with Crippen LogP contribution in [-0.4, -0.2) is 36.6 Å². The summed E-state index contributed by atoms with van der Waals surface area (Å²) in [5.74, 6) is 0.627. The Morgan fingerprint density at radius 1 is 1.10 bits per heavy atom. The fraction of sp³-hybridized carbons (Fsp3) is 0.941. The molecule has 0 N–H and O–H groups in total. The van der Waals surface area contributed by atoms with E-state index >= 15 is 0 Å². The molecule has 4 heteroatoms. The zero-order chi connectivity index (χ0) is 14.2. The molecule has 2 fully saturated rings. The Kier molecular flexibility index (Phi) is 9.34. The van der Waals surface area contributed by atoms with Crippen LogP contribution in [0.4, 0.5) is 0 Å². The Morgan fingerprint density at radius 2 is 1.81 bits per heavy atom. The molecule has 2 rings (SSSR count). The van der Waals surface area contributed by atoms with Gasteiger partial charge in [0.2, 0.25) is 0 Å². The van der Waals surface area contributed by atoms with Gasteiger partial charge in [-0.05, 0) is 51.5 Å². The van der Waals surface area contributed by atoms with E-state index in [-0.39, 0.29) is 18.4 Å². The van der Waals surface area contributed by atoms with Crippen LogP contribution >= 0.6 is 12.4 Å². The smallest absolute Gasteiger partial charge is 0.306 e. The molecule has 1 atom stereocenters. The van der Waals surface area contributed by atoms with Gasteiger partial charge in [-0.15, -0.1) is 12.4 Å². The molecule has 0 spiro atoms. The molecular formula is C17H32ClNO2. The molecule has 2 aliphatic rings. The number of hydrogen-bond acceptors (Lipinski definition) is 3. The summed E-state index contributed by atoms with van der Waals surface area (Å²) in [6.07, 6.45) is 12.0. The highest BCUT2D eigenvalue weighted by atomic mass is 35.5. The number of hydrogen-bond donors (Lipinski definition) is 0. The highest BCUT2D eigenvalue weighted by Crippen LogP contribution is 2.26. The van der Waals surface area contributed by atoms with Crippen LogP contribution in [0.15, 0.2) is 0 Å². The van der Waals surface area contributed by atoms with Gasteiger partial charge in [-0.3, -0.25) is 4.79 Å². The number of esters is 1. The molecule has 1 saturated heterocycles. The number of piperidine rings is 1. The van der Waals surface area contributed by atoms with Crippen LogP contribution in [0.1, 0.15) is 71.1 Å². The van der Waals surface area contributed by atoms with Crippen molar-refractivity contribution in [1.82, 2.24) is 4.90 Å². The van der Waals surface area contributed by atoms with Crippen LogP contribution in [0.25, 0.3) is 0 Å². The van der Waals surface area contributed by atoms with Crippen molar-refractivity contribution in [2.75, 3.05) is 19.7 Å².